The SMILES string of the molecule is COc1ccc(CCN2CC[C@@H](C3(c4ccccc4)C(=O)Nc4ccccc43)C2)cc1. The van der Waals surface area contributed by atoms with Crippen LogP contribution < -0.4 is 10.1 Å². The van der Waals surface area contributed by atoms with E-state index in [1.165, 1.54) is 5.56 Å². The Bertz CT molecular complexity index is 1060. The number of benzene rings is 3. The number of amides is 1. The number of nitrogens with one attached hydrogen (secondary N) is 1. The third-order valence-electron chi connectivity index (χ3n) is 6.95. The van der Waals surface area contributed by atoms with Gasteiger partial charge in [-0.2, -0.15) is 0 Å². The molecule has 3 aromatic rings. The van der Waals surface area contributed by atoms with Crippen LogP contribution in [0.5, 0.6) is 5.75 Å². The summed E-state index contributed by atoms with van der Waals surface area (Å²) in [6.07, 6.45) is 2.01. The van der Waals surface area contributed by atoms with Crippen molar-refractivity contribution in [2.75, 3.05) is 32.1 Å². The van der Waals surface area contributed by atoms with Crippen LogP contribution in [-0.2, 0) is 16.6 Å². The molecule has 2 atom stereocenters. The van der Waals surface area contributed by atoms with Crippen LogP contribution in [0.4, 0.5) is 5.69 Å². The second kappa shape index (κ2) is 8.20. The van der Waals surface area contributed by atoms with Gasteiger partial charge in [0.25, 0.3) is 0 Å². The minimum atomic E-state index is -0.618. The molecule has 2 aliphatic heterocycles. The summed E-state index contributed by atoms with van der Waals surface area (Å²) in [5, 5.41) is 3.18. The molecular weight excluding hydrogens is 384 g/mol. The molecule has 1 fully saturated rings. The summed E-state index contributed by atoms with van der Waals surface area (Å²) >= 11 is 0. The van der Waals surface area contributed by atoms with Crippen molar-refractivity contribution >= 4 is 11.6 Å². The van der Waals surface area contributed by atoms with Gasteiger partial charge in [0.15, 0.2) is 0 Å². The average molecular weight is 413 g/mol. The lowest BCUT2D eigenvalue weighted by Gasteiger charge is -2.34. The summed E-state index contributed by atoms with van der Waals surface area (Å²) < 4.78 is 5.26. The number of para-hydroxylation sites is 1. The van der Waals surface area contributed by atoms with Crippen molar-refractivity contribution in [2.24, 2.45) is 5.92 Å². The van der Waals surface area contributed by atoms with E-state index in [4.69, 9.17) is 4.74 Å². The van der Waals surface area contributed by atoms with E-state index in [1.54, 1.807) is 7.11 Å². The van der Waals surface area contributed by atoms with Crippen LogP contribution in [0.1, 0.15) is 23.1 Å². The quantitative estimate of drug-likeness (QED) is 0.648. The zero-order valence-electron chi connectivity index (χ0n) is 17.9. The van der Waals surface area contributed by atoms with Crippen molar-refractivity contribution < 1.29 is 9.53 Å². The van der Waals surface area contributed by atoms with Gasteiger partial charge < -0.3 is 15.0 Å². The highest BCUT2D eigenvalue weighted by Gasteiger charge is 2.54. The molecule has 0 aromatic heterocycles. The number of anilines is 1. The highest BCUT2D eigenvalue weighted by molar-refractivity contribution is 6.09. The Kier molecular flexibility index (Phi) is 5.24. The molecule has 0 bridgehead atoms. The van der Waals surface area contributed by atoms with Crippen LogP contribution in [0.25, 0.3) is 0 Å². The summed E-state index contributed by atoms with van der Waals surface area (Å²) in [6.45, 7) is 2.94. The van der Waals surface area contributed by atoms with Crippen molar-refractivity contribution in [3.05, 3.63) is 95.6 Å². The highest BCUT2D eigenvalue weighted by atomic mass is 16.5. The van der Waals surface area contributed by atoms with Crippen LogP contribution in [0.3, 0.4) is 0 Å². The first-order valence-corrected chi connectivity index (χ1v) is 11.0. The first-order valence-electron chi connectivity index (χ1n) is 11.0. The van der Waals surface area contributed by atoms with Gasteiger partial charge in [-0.1, -0.05) is 60.7 Å². The number of fused-ring (bicyclic) bond motifs is 1. The summed E-state index contributed by atoms with van der Waals surface area (Å²) in [7, 11) is 1.69. The molecule has 31 heavy (non-hydrogen) atoms. The maximum atomic E-state index is 13.5. The molecule has 4 heteroatoms. The third-order valence-corrected chi connectivity index (χ3v) is 6.95. The van der Waals surface area contributed by atoms with E-state index in [2.05, 4.69) is 40.5 Å². The molecular formula is C27H28N2O2. The maximum absolute atomic E-state index is 13.5. The lowest BCUT2D eigenvalue weighted by atomic mass is 9.66. The molecule has 2 aliphatic rings. The molecule has 5 rings (SSSR count). The number of hydrogen-bond donors (Lipinski definition) is 1. The Morgan fingerprint density at radius 3 is 2.52 bits per heavy atom. The average Bonchev–Trinajstić information content (AvgIpc) is 3.41. The molecule has 2 heterocycles. The van der Waals surface area contributed by atoms with Crippen LogP contribution in [0.2, 0.25) is 0 Å². The Morgan fingerprint density at radius 1 is 1.00 bits per heavy atom. The van der Waals surface area contributed by atoms with Crippen molar-refractivity contribution in [1.82, 2.24) is 4.90 Å². The van der Waals surface area contributed by atoms with Crippen molar-refractivity contribution in [2.45, 2.75) is 18.3 Å². The largest absolute Gasteiger partial charge is 0.497 e. The normalized spacial score (nSPS) is 22.9. The van der Waals surface area contributed by atoms with Crippen LogP contribution in [0, 0.1) is 5.92 Å². The van der Waals surface area contributed by atoms with Gasteiger partial charge in [0.2, 0.25) is 5.91 Å². The van der Waals surface area contributed by atoms with Crippen molar-refractivity contribution in [3.8, 4) is 5.75 Å². The Morgan fingerprint density at radius 2 is 1.74 bits per heavy atom. The number of carbonyl (C=O) groups is 1. The minimum Gasteiger partial charge on any atom is -0.497 e. The lowest BCUT2D eigenvalue weighted by molar-refractivity contribution is -0.121. The maximum Gasteiger partial charge on any atom is 0.239 e. The van der Waals surface area contributed by atoms with E-state index in [1.807, 2.05) is 48.5 Å². The van der Waals surface area contributed by atoms with Gasteiger partial charge in [0.1, 0.15) is 11.2 Å². The molecule has 1 N–H and O–H groups in total. The topological polar surface area (TPSA) is 41.6 Å². The van der Waals surface area contributed by atoms with Gasteiger partial charge in [-0.3, -0.25) is 4.79 Å². The van der Waals surface area contributed by atoms with Crippen LogP contribution in [0.15, 0.2) is 78.9 Å². The van der Waals surface area contributed by atoms with Crippen molar-refractivity contribution in [3.63, 3.8) is 0 Å². The Hall–Kier alpha value is -3.11. The number of nitrogens with zero attached hydrogens (tertiary/aromatic N) is 1. The minimum absolute atomic E-state index is 0.113. The van der Waals surface area contributed by atoms with Gasteiger partial charge >= 0.3 is 0 Å². The molecule has 0 aliphatic carbocycles. The highest BCUT2D eigenvalue weighted by Crippen LogP contribution is 2.50. The molecule has 158 valence electrons. The zero-order chi connectivity index (χ0) is 21.3. The van der Waals surface area contributed by atoms with Gasteiger partial charge in [-0.05, 0) is 60.2 Å². The number of carbonyl (C=O) groups excluding carboxylic acids is 1. The van der Waals surface area contributed by atoms with Crippen molar-refractivity contribution in [1.29, 1.82) is 0 Å². The van der Waals surface area contributed by atoms with Gasteiger partial charge in [-0.25, -0.2) is 0 Å². The van der Waals surface area contributed by atoms with Gasteiger partial charge in [0.05, 0.1) is 7.11 Å². The molecule has 1 saturated heterocycles. The number of methoxy groups -OCH3 is 1. The molecule has 3 aromatic carbocycles. The van der Waals surface area contributed by atoms with E-state index in [-0.39, 0.29) is 11.8 Å². The predicted molar refractivity (Wildman–Crippen MR) is 124 cm³/mol. The number of rotatable bonds is 6. The molecule has 0 spiro atoms. The van der Waals surface area contributed by atoms with Crippen LogP contribution in [-0.4, -0.2) is 37.6 Å². The molecule has 1 amide bonds. The summed E-state index contributed by atoms with van der Waals surface area (Å²) in [4.78, 5) is 16.1. The van der Waals surface area contributed by atoms with E-state index >= 15 is 0 Å². The lowest BCUT2D eigenvalue weighted by Crippen LogP contribution is -2.44. The predicted octanol–water partition coefficient (Wildman–Crippen LogP) is 4.50. The van der Waals surface area contributed by atoms with E-state index in [9.17, 15) is 4.79 Å². The summed E-state index contributed by atoms with van der Waals surface area (Å²) in [6, 6.07) is 26.8. The molecule has 4 nitrogen and oxygen atoms in total. The molecule has 0 radical (unpaired) electrons. The third kappa shape index (κ3) is 3.41. The molecule has 1 unspecified atom stereocenters. The van der Waals surface area contributed by atoms with E-state index < -0.39 is 5.41 Å². The number of ether oxygens (including phenoxy) is 1. The first-order chi connectivity index (χ1) is 15.2. The zero-order valence-corrected chi connectivity index (χ0v) is 17.9. The van der Waals surface area contributed by atoms with Gasteiger partial charge in [0, 0.05) is 18.8 Å². The first kappa shape index (κ1) is 19.8. The smallest absolute Gasteiger partial charge is 0.239 e. The Balaban J connectivity index is 1.40. The fourth-order valence-electron chi connectivity index (χ4n) is 5.38. The molecule has 0 saturated carbocycles. The standard InChI is InChI=1S/C27H28N2O2/c1-31-23-13-11-20(12-14-23)15-17-29-18-16-22(19-29)27(21-7-3-2-4-8-21)24-9-5-6-10-25(24)28-26(27)30/h2-14,22H,15-19H2,1H3,(H,28,30)/t22-,27?/m1/s1. The number of likely N-dealkylation sites (tertiary alicyclic amines) is 1. The fraction of sp³-hybridized carbons (Fsp3) is 0.296. The summed E-state index contributed by atoms with van der Waals surface area (Å²) in [5.41, 5.74) is 3.86. The summed E-state index contributed by atoms with van der Waals surface area (Å²) in [5.74, 6) is 1.25. The van der Waals surface area contributed by atoms with E-state index in [0.29, 0.717) is 0 Å². The monoisotopic (exact) mass is 412 g/mol. The van der Waals surface area contributed by atoms with Crippen LogP contribution >= 0.6 is 0 Å². The fourth-order valence-corrected chi connectivity index (χ4v) is 5.38. The number of hydrogen-bond acceptors (Lipinski definition) is 3. The van der Waals surface area contributed by atoms with Gasteiger partial charge in [-0.15, -0.1) is 0 Å². The van der Waals surface area contributed by atoms with E-state index in [0.717, 1.165) is 55.0 Å². The Labute approximate surface area is 183 Å². The second-order valence-electron chi connectivity index (χ2n) is 8.56. The second-order valence-corrected chi connectivity index (χ2v) is 8.56.